The quantitative estimate of drug-likeness (QED) is 0.637. The minimum absolute atomic E-state index is 0.117. The number of rotatable bonds is 6. The molecule has 134 valence electrons. The van der Waals surface area contributed by atoms with Crippen LogP contribution in [-0.4, -0.2) is 41.7 Å². The van der Waals surface area contributed by atoms with Crippen molar-refractivity contribution < 1.29 is 9.90 Å². The van der Waals surface area contributed by atoms with Crippen molar-refractivity contribution in [3.63, 3.8) is 0 Å². The number of ketones is 1. The molecule has 0 spiro atoms. The average molecular weight is 370 g/mol. The molecule has 3 aromatic heterocycles. The predicted molar refractivity (Wildman–Crippen MR) is 96.1 cm³/mol. The predicted octanol–water partition coefficient (Wildman–Crippen LogP) is 1.75. The molecule has 0 aliphatic heterocycles. The van der Waals surface area contributed by atoms with Gasteiger partial charge in [0.05, 0.1) is 5.56 Å². The SMILES string of the molecule is Cn1c(CO)nnc1C1CC(Nc2ncccc2C(=O)c2nccs2)C1. The molecular formula is C17H18N6O2S. The van der Waals surface area contributed by atoms with E-state index in [1.165, 1.54) is 11.3 Å². The Bertz CT molecular complexity index is 917. The zero-order valence-corrected chi connectivity index (χ0v) is 15.0. The number of thiazole rings is 1. The smallest absolute Gasteiger partial charge is 0.225 e. The monoisotopic (exact) mass is 370 g/mol. The van der Waals surface area contributed by atoms with Crippen molar-refractivity contribution in [2.75, 3.05) is 5.32 Å². The first-order valence-corrected chi connectivity index (χ1v) is 9.20. The summed E-state index contributed by atoms with van der Waals surface area (Å²) in [5, 5.41) is 23.0. The van der Waals surface area contributed by atoms with Gasteiger partial charge in [0.2, 0.25) is 5.78 Å². The fourth-order valence-corrected chi connectivity index (χ4v) is 3.75. The maximum absolute atomic E-state index is 12.6. The van der Waals surface area contributed by atoms with Gasteiger partial charge < -0.3 is 15.0 Å². The summed E-state index contributed by atoms with van der Waals surface area (Å²) >= 11 is 1.32. The van der Waals surface area contributed by atoms with E-state index in [9.17, 15) is 9.90 Å². The number of nitrogens with zero attached hydrogens (tertiary/aromatic N) is 5. The van der Waals surface area contributed by atoms with Gasteiger partial charge in [0.25, 0.3) is 0 Å². The second-order valence-corrected chi connectivity index (χ2v) is 7.16. The van der Waals surface area contributed by atoms with Crippen LogP contribution in [0.5, 0.6) is 0 Å². The third kappa shape index (κ3) is 2.99. The maximum Gasteiger partial charge on any atom is 0.225 e. The van der Waals surface area contributed by atoms with Crippen molar-refractivity contribution in [2.45, 2.75) is 31.4 Å². The lowest BCUT2D eigenvalue weighted by atomic mass is 9.79. The molecule has 1 aliphatic rings. The van der Waals surface area contributed by atoms with Crippen molar-refractivity contribution in [3.05, 3.63) is 52.1 Å². The van der Waals surface area contributed by atoms with Gasteiger partial charge >= 0.3 is 0 Å². The Morgan fingerprint density at radius 2 is 2.19 bits per heavy atom. The van der Waals surface area contributed by atoms with Crippen molar-refractivity contribution in [1.29, 1.82) is 0 Å². The fourth-order valence-electron chi connectivity index (χ4n) is 3.16. The number of aliphatic hydroxyl groups is 1. The molecule has 1 aliphatic carbocycles. The molecule has 0 bridgehead atoms. The normalized spacial score (nSPS) is 19.2. The first-order valence-electron chi connectivity index (χ1n) is 8.32. The van der Waals surface area contributed by atoms with Gasteiger partial charge in [-0.3, -0.25) is 4.79 Å². The van der Waals surface area contributed by atoms with Gasteiger partial charge in [0, 0.05) is 36.8 Å². The summed E-state index contributed by atoms with van der Waals surface area (Å²) in [5.41, 5.74) is 0.534. The van der Waals surface area contributed by atoms with E-state index in [2.05, 4.69) is 25.5 Å². The molecule has 1 saturated carbocycles. The minimum Gasteiger partial charge on any atom is -0.388 e. The molecule has 2 N–H and O–H groups in total. The number of aromatic nitrogens is 5. The van der Waals surface area contributed by atoms with Crippen LogP contribution in [-0.2, 0) is 13.7 Å². The number of carbonyl (C=O) groups is 1. The van der Waals surface area contributed by atoms with E-state index in [0.717, 1.165) is 18.7 Å². The molecule has 0 amide bonds. The van der Waals surface area contributed by atoms with Crippen LogP contribution in [0.1, 0.15) is 45.8 Å². The van der Waals surface area contributed by atoms with Gasteiger partial charge in [0.15, 0.2) is 10.8 Å². The van der Waals surface area contributed by atoms with Crippen LogP contribution in [0.15, 0.2) is 29.9 Å². The topological polar surface area (TPSA) is 106 Å². The second-order valence-electron chi connectivity index (χ2n) is 6.27. The first-order chi connectivity index (χ1) is 12.7. The maximum atomic E-state index is 12.6. The Kier molecular flexibility index (Phi) is 4.48. The van der Waals surface area contributed by atoms with E-state index in [-0.39, 0.29) is 24.3 Å². The first kappa shape index (κ1) is 16.8. The number of carbonyl (C=O) groups excluding carboxylic acids is 1. The third-order valence-electron chi connectivity index (χ3n) is 4.66. The van der Waals surface area contributed by atoms with Crippen LogP contribution >= 0.6 is 11.3 Å². The lowest BCUT2D eigenvalue weighted by molar-refractivity contribution is 0.103. The lowest BCUT2D eigenvalue weighted by Gasteiger charge is -2.35. The van der Waals surface area contributed by atoms with Gasteiger partial charge in [-0.2, -0.15) is 0 Å². The summed E-state index contributed by atoms with van der Waals surface area (Å²) < 4.78 is 1.85. The van der Waals surface area contributed by atoms with Crippen LogP contribution in [0.4, 0.5) is 5.82 Å². The molecule has 0 atom stereocenters. The molecule has 3 aromatic rings. The van der Waals surface area contributed by atoms with Crippen molar-refractivity contribution >= 4 is 22.9 Å². The van der Waals surface area contributed by atoms with Gasteiger partial charge in [-0.25, -0.2) is 9.97 Å². The summed E-state index contributed by atoms with van der Waals surface area (Å²) in [7, 11) is 1.87. The van der Waals surface area contributed by atoms with E-state index in [0.29, 0.717) is 22.2 Å². The zero-order chi connectivity index (χ0) is 18.1. The number of aliphatic hydroxyl groups excluding tert-OH is 1. The average Bonchev–Trinajstić information content (AvgIpc) is 3.27. The summed E-state index contributed by atoms with van der Waals surface area (Å²) in [6, 6.07) is 3.74. The second kappa shape index (κ2) is 6.93. The highest BCUT2D eigenvalue weighted by Crippen LogP contribution is 2.38. The van der Waals surface area contributed by atoms with Crippen molar-refractivity contribution in [3.8, 4) is 0 Å². The third-order valence-corrected chi connectivity index (χ3v) is 5.43. The number of nitrogens with one attached hydrogen (secondary N) is 1. The van der Waals surface area contributed by atoms with E-state index < -0.39 is 0 Å². The minimum atomic E-state index is -0.118. The summed E-state index contributed by atoms with van der Waals surface area (Å²) in [5.74, 6) is 2.20. The largest absolute Gasteiger partial charge is 0.388 e. The molecule has 8 nitrogen and oxygen atoms in total. The molecule has 26 heavy (non-hydrogen) atoms. The highest BCUT2D eigenvalue weighted by molar-refractivity contribution is 7.11. The molecule has 1 fully saturated rings. The van der Waals surface area contributed by atoms with Gasteiger partial charge in [-0.1, -0.05) is 0 Å². The van der Waals surface area contributed by atoms with Crippen LogP contribution in [0.25, 0.3) is 0 Å². The molecule has 3 heterocycles. The van der Waals surface area contributed by atoms with Crippen molar-refractivity contribution in [1.82, 2.24) is 24.7 Å². The number of pyridine rings is 1. The van der Waals surface area contributed by atoms with E-state index >= 15 is 0 Å². The van der Waals surface area contributed by atoms with Crippen LogP contribution in [0.2, 0.25) is 0 Å². The van der Waals surface area contributed by atoms with Crippen LogP contribution < -0.4 is 5.32 Å². The van der Waals surface area contributed by atoms with Gasteiger partial charge in [-0.05, 0) is 25.0 Å². The van der Waals surface area contributed by atoms with E-state index in [1.54, 1.807) is 29.9 Å². The molecule has 9 heteroatoms. The lowest BCUT2D eigenvalue weighted by Crippen LogP contribution is -2.36. The molecule has 4 rings (SSSR count). The summed E-state index contributed by atoms with van der Waals surface area (Å²) in [6.07, 6.45) is 5.05. The van der Waals surface area contributed by atoms with Crippen molar-refractivity contribution in [2.24, 2.45) is 7.05 Å². The number of hydrogen-bond donors (Lipinski definition) is 2. The molecular weight excluding hydrogens is 352 g/mol. The summed E-state index contributed by atoms with van der Waals surface area (Å²) in [4.78, 5) is 21.0. The standard InChI is InChI=1S/C17H18N6O2S/c1-23-13(9-24)21-22-16(23)10-7-11(8-10)20-15-12(3-2-4-18-15)14(25)17-19-5-6-26-17/h2-6,10-11,24H,7-9H2,1H3,(H,18,20). The molecule has 0 radical (unpaired) electrons. The Morgan fingerprint density at radius 3 is 2.88 bits per heavy atom. The van der Waals surface area contributed by atoms with E-state index in [1.807, 2.05) is 11.6 Å². The zero-order valence-electron chi connectivity index (χ0n) is 14.2. The fraction of sp³-hybridized carbons (Fsp3) is 0.353. The highest BCUT2D eigenvalue weighted by Gasteiger charge is 2.34. The van der Waals surface area contributed by atoms with Gasteiger partial charge in [-0.15, -0.1) is 21.5 Å². The Morgan fingerprint density at radius 1 is 1.35 bits per heavy atom. The van der Waals surface area contributed by atoms with Gasteiger partial charge in [0.1, 0.15) is 18.2 Å². The Balaban J connectivity index is 1.45. The number of hydrogen-bond acceptors (Lipinski definition) is 8. The van der Waals surface area contributed by atoms with E-state index in [4.69, 9.17) is 0 Å². The summed E-state index contributed by atoms with van der Waals surface area (Å²) in [6.45, 7) is -0.117. The highest BCUT2D eigenvalue weighted by atomic mass is 32.1. The Labute approximate surface area is 154 Å². The van der Waals surface area contributed by atoms with Crippen LogP contribution in [0.3, 0.4) is 0 Å². The Hall–Kier alpha value is -2.65. The molecule has 0 saturated heterocycles. The number of anilines is 1. The van der Waals surface area contributed by atoms with Crippen LogP contribution in [0, 0.1) is 0 Å². The molecule has 0 unspecified atom stereocenters. The molecule has 0 aromatic carbocycles.